The molecule has 1 aliphatic carbocycles. The van der Waals surface area contributed by atoms with Crippen LogP contribution in [-0.2, 0) is 6.54 Å². The van der Waals surface area contributed by atoms with Gasteiger partial charge in [0.05, 0.1) is 6.10 Å². The average Bonchev–Trinajstić information content (AvgIpc) is 2.63. The van der Waals surface area contributed by atoms with Gasteiger partial charge in [-0.25, -0.2) is 0 Å². The quantitative estimate of drug-likeness (QED) is 0.702. The first kappa shape index (κ1) is 10.5. The van der Waals surface area contributed by atoms with Gasteiger partial charge in [0.15, 0.2) is 0 Å². The number of hydrogen-bond donors (Lipinski definition) is 3. The monoisotopic (exact) mass is 207 g/mol. The van der Waals surface area contributed by atoms with Crippen LogP contribution in [0.5, 0.6) is 5.75 Å². The number of nitrogens with one attached hydrogen (secondary N) is 1. The van der Waals surface area contributed by atoms with Gasteiger partial charge in [0.1, 0.15) is 5.75 Å². The predicted octanol–water partition coefficient (Wildman–Crippen LogP) is 1.40. The molecule has 3 heteroatoms. The fourth-order valence-corrected chi connectivity index (χ4v) is 2.08. The number of aliphatic hydroxyl groups excluding tert-OH is 1. The molecule has 0 amide bonds. The normalized spacial score (nSPS) is 25.7. The topological polar surface area (TPSA) is 52.5 Å². The predicted molar refractivity (Wildman–Crippen MR) is 58.6 cm³/mol. The van der Waals surface area contributed by atoms with Crippen molar-refractivity contribution in [3.8, 4) is 5.75 Å². The summed E-state index contributed by atoms with van der Waals surface area (Å²) in [7, 11) is 0. The Morgan fingerprint density at radius 2 is 2.07 bits per heavy atom. The van der Waals surface area contributed by atoms with E-state index in [1.54, 1.807) is 6.07 Å². The van der Waals surface area contributed by atoms with Gasteiger partial charge in [0.2, 0.25) is 0 Å². The zero-order valence-corrected chi connectivity index (χ0v) is 8.69. The Morgan fingerprint density at radius 3 is 2.73 bits per heavy atom. The van der Waals surface area contributed by atoms with Crippen molar-refractivity contribution in [1.82, 2.24) is 5.32 Å². The summed E-state index contributed by atoms with van der Waals surface area (Å²) in [5.41, 5.74) is 0.886. The highest BCUT2D eigenvalue weighted by atomic mass is 16.3. The highest BCUT2D eigenvalue weighted by Crippen LogP contribution is 2.20. The fourth-order valence-electron chi connectivity index (χ4n) is 2.08. The molecular formula is C12H17NO2. The molecular weight excluding hydrogens is 190 g/mol. The average molecular weight is 207 g/mol. The highest BCUT2D eigenvalue weighted by molar-refractivity contribution is 5.31. The van der Waals surface area contributed by atoms with Crippen LogP contribution in [-0.4, -0.2) is 22.4 Å². The van der Waals surface area contributed by atoms with Crippen molar-refractivity contribution in [2.45, 2.75) is 38.0 Å². The van der Waals surface area contributed by atoms with E-state index in [0.717, 1.165) is 24.8 Å². The van der Waals surface area contributed by atoms with Crippen LogP contribution in [0.15, 0.2) is 24.3 Å². The van der Waals surface area contributed by atoms with Crippen molar-refractivity contribution >= 4 is 0 Å². The van der Waals surface area contributed by atoms with Crippen LogP contribution < -0.4 is 5.32 Å². The van der Waals surface area contributed by atoms with E-state index >= 15 is 0 Å². The number of aromatic hydroxyl groups is 1. The van der Waals surface area contributed by atoms with E-state index in [9.17, 15) is 10.2 Å². The first-order valence-electron chi connectivity index (χ1n) is 5.45. The summed E-state index contributed by atoms with van der Waals surface area (Å²) in [6.45, 7) is 0.619. The number of phenolic OH excluding ortho intramolecular Hbond substituents is 1. The molecule has 1 aliphatic rings. The minimum absolute atomic E-state index is 0.185. The Balaban J connectivity index is 1.90. The molecule has 0 radical (unpaired) electrons. The van der Waals surface area contributed by atoms with Gasteiger partial charge in [-0.1, -0.05) is 18.2 Å². The molecule has 0 aromatic heterocycles. The Bertz CT molecular complexity index is 327. The van der Waals surface area contributed by atoms with Crippen molar-refractivity contribution in [3.05, 3.63) is 29.8 Å². The van der Waals surface area contributed by atoms with Crippen molar-refractivity contribution in [1.29, 1.82) is 0 Å². The van der Waals surface area contributed by atoms with E-state index < -0.39 is 0 Å². The molecule has 1 aromatic rings. The van der Waals surface area contributed by atoms with Gasteiger partial charge in [0.25, 0.3) is 0 Å². The molecule has 2 atom stereocenters. The number of phenols is 1. The second kappa shape index (κ2) is 4.64. The molecule has 0 bridgehead atoms. The molecule has 0 aliphatic heterocycles. The van der Waals surface area contributed by atoms with Crippen LogP contribution in [0.4, 0.5) is 0 Å². The lowest BCUT2D eigenvalue weighted by Gasteiger charge is -2.16. The second-order valence-corrected chi connectivity index (χ2v) is 4.11. The van der Waals surface area contributed by atoms with Gasteiger partial charge < -0.3 is 15.5 Å². The third-order valence-electron chi connectivity index (χ3n) is 3.03. The molecule has 1 saturated carbocycles. The summed E-state index contributed by atoms with van der Waals surface area (Å²) >= 11 is 0. The molecule has 15 heavy (non-hydrogen) atoms. The summed E-state index contributed by atoms with van der Waals surface area (Å²) in [4.78, 5) is 0. The summed E-state index contributed by atoms with van der Waals surface area (Å²) in [5, 5.41) is 22.4. The molecule has 82 valence electrons. The molecule has 2 unspecified atom stereocenters. The fraction of sp³-hybridized carbons (Fsp3) is 0.500. The van der Waals surface area contributed by atoms with E-state index in [4.69, 9.17) is 0 Å². The molecule has 1 fully saturated rings. The Hall–Kier alpha value is -1.06. The molecule has 3 nitrogen and oxygen atoms in total. The van der Waals surface area contributed by atoms with E-state index in [1.165, 1.54) is 0 Å². The number of rotatable bonds is 3. The first-order valence-corrected chi connectivity index (χ1v) is 5.45. The van der Waals surface area contributed by atoms with Crippen LogP contribution in [0, 0.1) is 0 Å². The van der Waals surface area contributed by atoms with Crippen molar-refractivity contribution in [2.24, 2.45) is 0 Å². The van der Waals surface area contributed by atoms with E-state index in [1.807, 2.05) is 18.2 Å². The summed E-state index contributed by atoms with van der Waals surface area (Å²) < 4.78 is 0. The summed E-state index contributed by atoms with van der Waals surface area (Å²) in [5.74, 6) is 0.317. The van der Waals surface area contributed by atoms with Crippen LogP contribution in [0.2, 0.25) is 0 Å². The first-order chi connectivity index (χ1) is 7.27. The highest BCUT2D eigenvalue weighted by Gasteiger charge is 2.24. The minimum Gasteiger partial charge on any atom is -0.508 e. The number of benzene rings is 1. The third kappa shape index (κ3) is 2.49. The molecule has 1 aromatic carbocycles. The van der Waals surface area contributed by atoms with Crippen molar-refractivity contribution in [2.75, 3.05) is 0 Å². The van der Waals surface area contributed by atoms with Crippen LogP contribution in [0.3, 0.4) is 0 Å². The largest absolute Gasteiger partial charge is 0.508 e. The Labute approximate surface area is 89.8 Å². The van der Waals surface area contributed by atoms with Gasteiger partial charge in [-0.15, -0.1) is 0 Å². The van der Waals surface area contributed by atoms with Crippen LogP contribution in [0.1, 0.15) is 24.8 Å². The molecule has 3 N–H and O–H groups in total. The van der Waals surface area contributed by atoms with Gasteiger partial charge in [-0.3, -0.25) is 0 Å². The number of para-hydroxylation sites is 1. The van der Waals surface area contributed by atoms with E-state index in [2.05, 4.69) is 5.32 Å². The van der Waals surface area contributed by atoms with Gasteiger partial charge in [-0.2, -0.15) is 0 Å². The lowest BCUT2D eigenvalue weighted by Crippen LogP contribution is -2.35. The molecule has 0 spiro atoms. The van der Waals surface area contributed by atoms with Crippen LogP contribution >= 0.6 is 0 Å². The van der Waals surface area contributed by atoms with E-state index in [0.29, 0.717) is 12.3 Å². The minimum atomic E-state index is -0.226. The maximum absolute atomic E-state index is 9.61. The summed E-state index contributed by atoms with van der Waals surface area (Å²) in [6, 6.07) is 7.47. The number of aliphatic hydroxyl groups is 1. The maximum Gasteiger partial charge on any atom is 0.120 e. The zero-order chi connectivity index (χ0) is 10.7. The molecule has 0 saturated heterocycles. The number of hydrogen-bond acceptors (Lipinski definition) is 3. The second-order valence-electron chi connectivity index (χ2n) is 4.11. The van der Waals surface area contributed by atoms with Crippen LogP contribution in [0.25, 0.3) is 0 Å². The zero-order valence-electron chi connectivity index (χ0n) is 8.69. The van der Waals surface area contributed by atoms with Gasteiger partial charge in [-0.05, 0) is 25.3 Å². The van der Waals surface area contributed by atoms with Gasteiger partial charge in [0, 0.05) is 18.2 Å². The smallest absolute Gasteiger partial charge is 0.120 e. The molecule has 0 heterocycles. The Kier molecular flexibility index (Phi) is 3.23. The SMILES string of the molecule is Oc1ccccc1CNC1CCCC1O. The third-order valence-corrected chi connectivity index (χ3v) is 3.03. The molecule has 2 rings (SSSR count). The maximum atomic E-state index is 9.61. The van der Waals surface area contributed by atoms with Crippen molar-refractivity contribution in [3.63, 3.8) is 0 Å². The summed E-state index contributed by atoms with van der Waals surface area (Å²) in [6.07, 6.45) is 2.77. The van der Waals surface area contributed by atoms with Crippen molar-refractivity contribution < 1.29 is 10.2 Å². The lowest BCUT2D eigenvalue weighted by molar-refractivity contribution is 0.148. The van der Waals surface area contributed by atoms with Gasteiger partial charge >= 0.3 is 0 Å². The van der Waals surface area contributed by atoms with E-state index in [-0.39, 0.29) is 12.1 Å². The lowest BCUT2D eigenvalue weighted by atomic mass is 10.1. The standard InChI is InChI=1S/C12H17NO2/c14-11-6-2-1-4-9(11)8-13-10-5-3-7-12(10)15/h1-2,4,6,10,12-15H,3,5,7-8H2. The Morgan fingerprint density at radius 1 is 1.27 bits per heavy atom.